The maximum Gasteiger partial charge on any atom is 0.326 e. The highest BCUT2D eigenvalue weighted by Gasteiger charge is 2.19. The monoisotopic (exact) mass is 253 g/mol. The minimum absolute atomic E-state index is 0.173. The van der Waals surface area contributed by atoms with Crippen LogP contribution < -0.4 is 10.1 Å². The maximum absolute atomic E-state index is 11.7. The minimum Gasteiger partial charge on any atom is -0.504 e. The number of amides is 1. The van der Waals surface area contributed by atoms with Crippen molar-refractivity contribution < 1.29 is 24.5 Å². The van der Waals surface area contributed by atoms with Gasteiger partial charge < -0.3 is 20.3 Å². The molecule has 1 amide bonds. The van der Waals surface area contributed by atoms with Crippen LogP contribution in [0.4, 0.5) is 0 Å². The van der Waals surface area contributed by atoms with Crippen molar-refractivity contribution >= 4 is 11.9 Å². The largest absolute Gasteiger partial charge is 0.504 e. The van der Waals surface area contributed by atoms with Gasteiger partial charge in [-0.1, -0.05) is 6.92 Å². The molecule has 1 aromatic rings. The van der Waals surface area contributed by atoms with Gasteiger partial charge in [0.05, 0.1) is 7.11 Å². The fraction of sp³-hybridized carbons (Fsp3) is 0.333. The molecular weight excluding hydrogens is 238 g/mol. The van der Waals surface area contributed by atoms with Crippen molar-refractivity contribution in [3.05, 3.63) is 23.8 Å². The van der Waals surface area contributed by atoms with Gasteiger partial charge in [0.25, 0.3) is 5.91 Å². The lowest BCUT2D eigenvalue weighted by atomic mass is 10.1. The Morgan fingerprint density at radius 1 is 1.44 bits per heavy atom. The predicted octanol–water partition coefficient (Wildman–Crippen LogP) is 0.994. The molecule has 3 N–H and O–H groups in total. The van der Waals surface area contributed by atoms with Gasteiger partial charge in [-0.25, -0.2) is 4.79 Å². The number of aliphatic carboxylic acids is 1. The number of carbonyl (C=O) groups is 2. The Hall–Kier alpha value is -2.24. The first kappa shape index (κ1) is 13.8. The summed E-state index contributed by atoms with van der Waals surface area (Å²) in [6.45, 7) is 1.66. The molecule has 1 rings (SSSR count). The number of carboxylic acid groups (broad SMARTS) is 1. The first-order valence-electron chi connectivity index (χ1n) is 5.40. The lowest BCUT2D eigenvalue weighted by Crippen LogP contribution is -2.40. The molecule has 6 nitrogen and oxygen atoms in total. The predicted molar refractivity (Wildman–Crippen MR) is 63.8 cm³/mol. The Balaban J connectivity index is 2.84. The second-order valence-corrected chi connectivity index (χ2v) is 3.66. The van der Waals surface area contributed by atoms with Gasteiger partial charge in [-0.05, 0) is 24.6 Å². The summed E-state index contributed by atoms with van der Waals surface area (Å²) in [6, 6.07) is 3.17. The Morgan fingerprint density at radius 2 is 2.11 bits per heavy atom. The summed E-state index contributed by atoms with van der Waals surface area (Å²) < 4.78 is 4.84. The third-order valence-electron chi connectivity index (χ3n) is 2.45. The molecule has 0 saturated heterocycles. The third kappa shape index (κ3) is 3.13. The normalized spacial score (nSPS) is 11.7. The Kier molecular flexibility index (Phi) is 4.53. The average Bonchev–Trinajstić information content (AvgIpc) is 2.35. The molecule has 0 fully saturated rings. The fourth-order valence-corrected chi connectivity index (χ4v) is 1.41. The van der Waals surface area contributed by atoms with E-state index in [1.165, 1.54) is 25.3 Å². The van der Waals surface area contributed by atoms with E-state index in [-0.39, 0.29) is 23.5 Å². The lowest BCUT2D eigenvalue weighted by molar-refractivity contribution is -0.139. The zero-order chi connectivity index (χ0) is 13.7. The number of hydrogen-bond donors (Lipinski definition) is 3. The van der Waals surface area contributed by atoms with Gasteiger partial charge in [-0.15, -0.1) is 0 Å². The van der Waals surface area contributed by atoms with E-state index in [4.69, 9.17) is 9.84 Å². The SMILES string of the molecule is CCC(NC(=O)c1ccc(OC)c(O)c1)C(=O)O. The zero-order valence-electron chi connectivity index (χ0n) is 10.1. The number of ether oxygens (including phenoxy) is 1. The van der Waals surface area contributed by atoms with E-state index in [9.17, 15) is 14.7 Å². The average molecular weight is 253 g/mol. The van der Waals surface area contributed by atoms with E-state index in [0.717, 1.165) is 0 Å². The number of benzene rings is 1. The van der Waals surface area contributed by atoms with Gasteiger partial charge in [-0.2, -0.15) is 0 Å². The van der Waals surface area contributed by atoms with Crippen LogP contribution >= 0.6 is 0 Å². The molecule has 0 aromatic heterocycles. The molecule has 0 saturated carbocycles. The van der Waals surface area contributed by atoms with Crippen molar-refractivity contribution in [1.82, 2.24) is 5.32 Å². The zero-order valence-corrected chi connectivity index (χ0v) is 10.1. The number of phenols is 1. The summed E-state index contributed by atoms with van der Waals surface area (Å²) in [5.41, 5.74) is 0.174. The van der Waals surface area contributed by atoms with Gasteiger partial charge in [0.2, 0.25) is 0 Å². The Labute approximate surface area is 104 Å². The molecule has 1 unspecified atom stereocenters. The number of carboxylic acids is 1. The number of rotatable bonds is 5. The summed E-state index contributed by atoms with van der Waals surface area (Å²) in [5, 5.41) is 20.7. The third-order valence-corrected chi connectivity index (χ3v) is 2.45. The van der Waals surface area contributed by atoms with Crippen LogP contribution in [0.25, 0.3) is 0 Å². The topological polar surface area (TPSA) is 95.9 Å². The summed E-state index contributed by atoms with van der Waals surface area (Å²) in [5.74, 6) is -1.57. The van der Waals surface area contributed by atoms with Gasteiger partial charge in [0, 0.05) is 5.56 Å². The highest BCUT2D eigenvalue weighted by Crippen LogP contribution is 2.26. The van der Waals surface area contributed by atoms with Crippen LogP contribution in [0.3, 0.4) is 0 Å². The van der Waals surface area contributed by atoms with Crippen LogP contribution in [0, 0.1) is 0 Å². The molecule has 0 spiro atoms. The van der Waals surface area contributed by atoms with Crippen molar-refractivity contribution in [3.8, 4) is 11.5 Å². The molecule has 6 heteroatoms. The number of aromatic hydroxyl groups is 1. The second kappa shape index (κ2) is 5.90. The molecule has 0 aliphatic rings. The van der Waals surface area contributed by atoms with Crippen LogP contribution in [0.15, 0.2) is 18.2 Å². The molecule has 1 aromatic carbocycles. The smallest absolute Gasteiger partial charge is 0.326 e. The molecule has 18 heavy (non-hydrogen) atoms. The number of phenolic OH excluding ortho intramolecular Hbond substituents is 1. The molecule has 0 aliphatic carbocycles. The van der Waals surface area contributed by atoms with E-state index in [2.05, 4.69) is 5.32 Å². The number of methoxy groups -OCH3 is 1. The van der Waals surface area contributed by atoms with Crippen molar-refractivity contribution in [3.63, 3.8) is 0 Å². The van der Waals surface area contributed by atoms with E-state index >= 15 is 0 Å². The number of carbonyl (C=O) groups excluding carboxylic acids is 1. The highest BCUT2D eigenvalue weighted by molar-refractivity contribution is 5.97. The van der Waals surface area contributed by atoms with Gasteiger partial charge in [0.15, 0.2) is 11.5 Å². The first-order chi connectivity index (χ1) is 8.49. The molecule has 0 radical (unpaired) electrons. The molecular formula is C12H15NO5. The van der Waals surface area contributed by atoms with Crippen LogP contribution in [-0.4, -0.2) is 35.2 Å². The Bertz CT molecular complexity index is 458. The van der Waals surface area contributed by atoms with E-state index in [1.54, 1.807) is 6.92 Å². The first-order valence-corrected chi connectivity index (χ1v) is 5.40. The highest BCUT2D eigenvalue weighted by atomic mass is 16.5. The lowest BCUT2D eigenvalue weighted by Gasteiger charge is -2.12. The van der Waals surface area contributed by atoms with Gasteiger partial charge >= 0.3 is 5.97 Å². The number of hydrogen-bond acceptors (Lipinski definition) is 4. The molecule has 1 atom stereocenters. The van der Waals surface area contributed by atoms with Crippen LogP contribution in [0.1, 0.15) is 23.7 Å². The molecule has 0 bridgehead atoms. The second-order valence-electron chi connectivity index (χ2n) is 3.66. The summed E-state index contributed by atoms with van der Waals surface area (Å²) in [4.78, 5) is 22.5. The summed E-state index contributed by atoms with van der Waals surface area (Å²) in [6.07, 6.45) is 0.281. The van der Waals surface area contributed by atoms with Crippen LogP contribution in [0.5, 0.6) is 11.5 Å². The van der Waals surface area contributed by atoms with E-state index in [1.807, 2.05) is 0 Å². The van der Waals surface area contributed by atoms with Gasteiger partial charge in [0.1, 0.15) is 6.04 Å². The number of nitrogens with one attached hydrogen (secondary N) is 1. The molecule has 0 aliphatic heterocycles. The molecule has 98 valence electrons. The fourth-order valence-electron chi connectivity index (χ4n) is 1.41. The molecule has 0 heterocycles. The minimum atomic E-state index is -1.09. The summed E-state index contributed by atoms with van der Waals surface area (Å²) in [7, 11) is 1.40. The van der Waals surface area contributed by atoms with Crippen LogP contribution in [-0.2, 0) is 4.79 Å². The Morgan fingerprint density at radius 3 is 2.56 bits per heavy atom. The van der Waals surface area contributed by atoms with Crippen molar-refractivity contribution in [1.29, 1.82) is 0 Å². The van der Waals surface area contributed by atoms with Gasteiger partial charge in [-0.3, -0.25) is 4.79 Å². The summed E-state index contributed by atoms with van der Waals surface area (Å²) >= 11 is 0. The standard InChI is InChI=1S/C12H15NO5/c1-3-8(12(16)17)13-11(15)7-4-5-10(18-2)9(14)6-7/h4-6,8,14H,3H2,1-2H3,(H,13,15)(H,16,17). The van der Waals surface area contributed by atoms with E-state index in [0.29, 0.717) is 0 Å². The van der Waals surface area contributed by atoms with Crippen LogP contribution in [0.2, 0.25) is 0 Å². The quantitative estimate of drug-likeness (QED) is 0.727. The van der Waals surface area contributed by atoms with Crippen molar-refractivity contribution in [2.45, 2.75) is 19.4 Å². The van der Waals surface area contributed by atoms with Crippen molar-refractivity contribution in [2.24, 2.45) is 0 Å². The maximum atomic E-state index is 11.7. The van der Waals surface area contributed by atoms with E-state index < -0.39 is 17.9 Å². The van der Waals surface area contributed by atoms with Crippen molar-refractivity contribution in [2.75, 3.05) is 7.11 Å².